The summed E-state index contributed by atoms with van der Waals surface area (Å²) in [6.07, 6.45) is 2.09. The second-order valence-corrected chi connectivity index (χ2v) is 6.86. The molecule has 0 amide bonds. The Labute approximate surface area is 175 Å². The maximum atomic E-state index is 11.9. The third kappa shape index (κ3) is 6.05. The number of benzene rings is 2. The molecule has 1 aliphatic rings. The third-order valence-electron chi connectivity index (χ3n) is 4.71. The summed E-state index contributed by atoms with van der Waals surface area (Å²) in [7, 11) is 1.30. The van der Waals surface area contributed by atoms with Gasteiger partial charge in [0.25, 0.3) is 0 Å². The van der Waals surface area contributed by atoms with Crippen LogP contribution in [0, 0.1) is 0 Å². The number of carbonyl (C=O) groups is 2. The van der Waals surface area contributed by atoms with Crippen LogP contribution in [-0.2, 0) is 14.2 Å². The molecule has 0 spiro atoms. The Hall–Kier alpha value is -2.90. The Morgan fingerprint density at radius 3 is 2.37 bits per heavy atom. The minimum absolute atomic E-state index is 0.161. The van der Waals surface area contributed by atoms with E-state index in [2.05, 4.69) is 0 Å². The zero-order valence-corrected chi connectivity index (χ0v) is 17.2. The molecule has 0 radical (unpaired) electrons. The number of esters is 1. The molecule has 0 N–H and O–H groups in total. The molecule has 3 rings (SSSR count). The minimum Gasteiger partial charge on any atom is -0.491 e. The summed E-state index contributed by atoms with van der Waals surface area (Å²) in [5.41, 5.74) is 0.690. The summed E-state index contributed by atoms with van der Waals surface area (Å²) in [5.74, 6) is 0.842. The van der Waals surface area contributed by atoms with Crippen molar-refractivity contribution in [3.63, 3.8) is 0 Å². The van der Waals surface area contributed by atoms with Gasteiger partial charge < -0.3 is 23.7 Å². The lowest BCUT2D eigenvalue weighted by atomic mass is 10.1. The molecular formula is C23H26O7. The fourth-order valence-electron chi connectivity index (χ4n) is 3.09. The van der Waals surface area contributed by atoms with Crippen LogP contribution in [0.5, 0.6) is 17.2 Å². The van der Waals surface area contributed by atoms with Crippen molar-refractivity contribution in [1.82, 2.24) is 0 Å². The van der Waals surface area contributed by atoms with Crippen molar-refractivity contribution in [2.24, 2.45) is 0 Å². The van der Waals surface area contributed by atoms with Crippen LogP contribution in [0.4, 0.5) is 0 Å². The summed E-state index contributed by atoms with van der Waals surface area (Å²) >= 11 is 0. The van der Waals surface area contributed by atoms with Crippen LogP contribution in [0.25, 0.3) is 0 Å². The lowest BCUT2D eigenvalue weighted by molar-refractivity contribution is -0.0388. The highest BCUT2D eigenvalue weighted by atomic mass is 16.5. The number of carbonyl (C=O) groups excluding carboxylic acids is 2. The van der Waals surface area contributed by atoms with E-state index in [1.165, 1.54) is 26.2 Å². The molecule has 7 heteroatoms. The zero-order valence-electron chi connectivity index (χ0n) is 17.2. The summed E-state index contributed by atoms with van der Waals surface area (Å²) in [6, 6.07) is 11.6. The van der Waals surface area contributed by atoms with E-state index in [0.29, 0.717) is 41.6 Å². The monoisotopic (exact) mass is 414 g/mol. The summed E-state index contributed by atoms with van der Waals surface area (Å²) in [4.78, 5) is 23.7. The summed E-state index contributed by atoms with van der Waals surface area (Å²) in [5, 5.41) is 0. The van der Waals surface area contributed by atoms with Crippen LogP contribution in [0.3, 0.4) is 0 Å². The number of hydrogen-bond donors (Lipinski definition) is 0. The van der Waals surface area contributed by atoms with Crippen molar-refractivity contribution in [2.45, 2.75) is 25.9 Å². The van der Waals surface area contributed by atoms with Crippen LogP contribution < -0.4 is 9.47 Å². The molecule has 0 atom stereocenters. The van der Waals surface area contributed by atoms with Crippen molar-refractivity contribution in [2.75, 3.05) is 33.5 Å². The Bertz CT molecular complexity index is 854. The zero-order chi connectivity index (χ0) is 21.3. The Morgan fingerprint density at radius 1 is 1.00 bits per heavy atom. The molecule has 1 saturated heterocycles. The van der Waals surface area contributed by atoms with E-state index < -0.39 is 5.97 Å². The molecule has 160 valence electrons. The molecule has 0 bridgehead atoms. The molecule has 0 aromatic heterocycles. The smallest absolute Gasteiger partial charge is 0.337 e. The van der Waals surface area contributed by atoms with E-state index in [-0.39, 0.29) is 11.9 Å². The molecule has 7 nitrogen and oxygen atoms in total. The molecule has 0 aliphatic carbocycles. The molecule has 2 aromatic carbocycles. The molecule has 0 saturated carbocycles. The second-order valence-electron chi connectivity index (χ2n) is 6.86. The second kappa shape index (κ2) is 10.8. The van der Waals surface area contributed by atoms with E-state index in [4.69, 9.17) is 23.7 Å². The molecule has 30 heavy (non-hydrogen) atoms. The van der Waals surface area contributed by atoms with Gasteiger partial charge in [0.05, 0.1) is 30.9 Å². The van der Waals surface area contributed by atoms with Gasteiger partial charge in [-0.25, -0.2) is 4.79 Å². The number of ether oxygens (including phenoxy) is 5. The quantitative estimate of drug-likeness (QED) is 0.348. The maximum Gasteiger partial charge on any atom is 0.337 e. The lowest BCUT2D eigenvalue weighted by Gasteiger charge is -2.22. The van der Waals surface area contributed by atoms with Gasteiger partial charge in [0, 0.05) is 13.2 Å². The molecule has 1 aliphatic heterocycles. The van der Waals surface area contributed by atoms with Crippen molar-refractivity contribution in [3.05, 3.63) is 53.6 Å². The van der Waals surface area contributed by atoms with Crippen molar-refractivity contribution in [3.8, 4) is 17.2 Å². The molecular weight excluding hydrogens is 388 g/mol. The standard InChI is InChI=1S/C23H26O7/c1-16(24)21-8-3-17(23(25)26-2)15-22(21)30-20-6-4-18(5-7-20)28-13-14-29-19-9-11-27-12-10-19/h3-8,15,19H,9-14H2,1-2H3. The fraction of sp³-hybridized carbons (Fsp3) is 0.391. The first-order valence-electron chi connectivity index (χ1n) is 9.90. The number of Topliss-reactive ketones (excluding diaryl/α,β-unsaturated/α-hetero) is 1. The SMILES string of the molecule is COC(=O)c1ccc(C(C)=O)c(Oc2ccc(OCCOC3CCOCC3)cc2)c1. The molecule has 1 heterocycles. The van der Waals surface area contributed by atoms with Gasteiger partial charge in [-0.2, -0.15) is 0 Å². The average Bonchev–Trinajstić information content (AvgIpc) is 2.77. The van der Waals surface area contributed by atoms with Crippen molar-refractivity contribution < 1.29 is 33.3 Å². The van der Waals surface area contributed by atoms with Gasteiger partial charge in [-0.05, 0) is 62.2 Å². The average molecular weight is 414 g/mol. The van der Waals surface area contributed by atoms with Crippen LogP contribution >= 0.6 is 0 Å². The van der Waals surface area contributed by atoms with E-state index in [1.54, 1.807) is 30.3 Å². The first-order chi connectivity index (χ1) is 14.6. The summed E-state index contributed by atoms with van der Waals surface area (Å²) in [6.45, 7) is 3.92. The number of ketones is 1. The summed E-state index contributed by atoms with van der Waals surface area (Å²) < 4.78 is 27.4. The highest BCUT2D eigenvalue weighted by Gasteiger charge is 2.15. The van der Waals surface area contributed by atoms with Crippen molar-refractivity contribution >= 4 is 11.8 Å². The normalized spacial score (nSPS) is 14.2. The van der Waals surface area contributed by atoms with Gasteiger partial charge in [0.1, 0.15) is 23.9 Å². The first-order valence-corrected chi connectivity index (χ1v) is 9.90. The molecule has 1 fully saturated rings. The van der Waals surface area contributed by atoms with Gasteiger partial charge >= 0.3 is 5.97 Å². The predicted octanol–water partition coefficient (Wildman–Crippen LogP) is 4.04. The van der Waals surface area contributed by atoms with Crippen molar-refractivity contribution in [1.29, 1.82) is 0 Å². The molecule has 2 aromatic rings. The fourth-order valence-corrected chi connectivity index (χ4v) is 3.09. The van der Waals surface area contributed by atoms with Crippen LogP contribution in [0.15, 0.2) is 42.5 Å². The maximum absolute atomic E-state index is 11.9. The Balaban J connectivity index is 1.57. The highest BCUT2D eigenvalue weighted by molar-refractivity contribution is 5.99. The van der Waals surface area contributed by atoms with E-state index in [0.717, 1.165) is 26.1 Å². The van der Waals surface area contributed by atoms with E-state index in [1.807, 2.05) is 0 Å². The van der Waals surface area contributed by atoms with Crippen LogP contribution in [-0.4, -0.2) is 51.4 Å². The topological polar surface area (TPSA) is 80.3 Å². The Kier molecular flexibility index (Phi) is 7.82. The first kappa shape index (κ1) is 21.8. The number of hydrogen-bond acceptors (Lipinski definition) is 7. The predicted molar refractivity (Wildman–Crippen MR) is 110 cm³/mol. The van der Waals surface area contributed by atoms with Crippen LogP contribution in [0.2, 0.25) is 0 Å². The van der Waals surface area contributed by atoms with Gasteiger partial charge in [-0.1, -0.05) is 0 Å². The third-order valence-corrected chi connectivity index (χ3v) is 4.71. The van der Waals surface area contributed by atoms with Gasteiger partial charge in [-0.15, -0.1) is 0 Å². The van der Waals surface area contributed by atoms with Crippen LogP contribution in [0.1, 0.15) is 40.5 Å². The Morgan fingerprint density at radius 2 is 1.70 bits per heavy atom. The number of methoxy groups -OCH3 is 1. The largest absolute Gasteiger partial charge is 0.491 e. The van der Waals surface area contributed by atoms with E-state index in [9.17, 15) is 9.59 Å². The molecule has 0 unspecified atom stereocenters. The lowest BCUT2D eigenvalue weighted by Crippen LogP contribution is -2.25. The minimum atomic E-state index is -0.498. The van der Waals surface area contributed by atoms with Gasteiger partial charge in [-0.3, -0.25) is 4.79 Å². The van der Waals surface area contributed by atoms with Gasteiger partial charge in [0.2, 0.25) is 0 Å². The van der Waals surface area contributed by atoms with Gasteiger partial charge in [0.15, 0.2) is 5.78 Å². The van der Waals surface area contributed by atoms with E-state index >= 15 is 0 Å². The number of rotatable bonds is 9. The highest BCUT2D eigenvalue weighted by Crippen LogP contribution is 2.29.